The zero-order valence-corrected chi connectivity index (χ0v) is 18.2. The lowest BCUT2D eigenvalue weighted by molar-refractivity contribution is -0.389. The summed E-state index contributed by atoms with van der Waals surface area (Å²) in [6, 6.07) is 4.98. The number of carbonyl (C=O) groups excluding carboxylic acids is 1. The molecule has 0 aliphatic carbocycles. The average molecular weight is 492 g/mol. The molecule has 10 nitrogen and oxygen atoms in total. The van der Waals surface area contributed by atoms with Gasteiger partial charge in [-0.05, 0) is 46.6 Å². The number of nitrogens with zero attached hydrogens (tertiary/aromatic N) is 5. The molecule has 1 aliphatic heterocycles. The van der Waals surface area contributed by atoms with E-state index in [1.165, 1.54) is 22.5 Å². The molecule has 33 heavy (non-hydrogen) atoms. The van der Waals surface area contributed by atoms with E-state index in [0.717, 1.165) is 18.3 Å². The summed E-state index contributed by atoms with van der Waals surface area (Å²) < 4.78 is 45.1. The summed E-state index contributed by atoms with van der Waals surface area (Å²) in [5, 5.41) is 21.1. The molecule has 1 N–H and O–H groups in total. The molecule has 3 rings (SSSR count). The van der Waals surface area contributed by atoms with Crippen LogP contribution in [0.5, 0.6) is 0 Å². The molecule has 14 heteroatoms. The Labute approximate surface area is 191 Å². The van der Waals surface area contributed by atoms with Crippen LogP contribution in [0.4, 0.5) is 29.5 Å². The van der Waals surface area contributed by atoms with Gasteiger partial charge in [0.15, 0.2) is 0 Å². The van der Waals surface area contributed by atoms with E-state index in [1.54, 1.807) is 11.0 Å². The molecule has 1 atom stereocenters. The van der Waals surface area contributed by atoms with Crippen LogP contribution in [0.25, 0.3) is 0 Å². The highest BCUT2D eigenvalue weighted by Gasteiger charge is 2.32. The fourth-order valence-corrected chi connectivity index (χ4v) is 3.52. The number of aromatic nitrogens is 2. The zero-order valence-electron chi connectivity index (χ0n) is 17.5. The van der Waals surface area contributed by atoms with E-state index >= 15 is 0 Å². The van der Waals surface area contributed by atoms with Crippen molar-refractivity contribution in [3.8, 4) is 0 Å². The second kappa shape index (κ2) is 9.43. The molecule has 1 aromatic heterocycles. The van der Waals surface area contributed by atoms with E-state index in [0.29, 0.717) is 18.8 Å². The summed E-state index contributed by atoms with van der Waals surface area (Å²) in [5.41, 5.74) is -1.92. The Morgan fingerprint density at radius 2 is 1.97 bits per heavy atom. The Bertz CT molecular complexity index is 1020. The first-order valence-electron chi connectivity index (χ1n) is 9.79. The van der Waals surface area contributed by atoms with Crippen molar-refractivity contribution in [3.05, 3.63) is 51.4 Å². The summed E-state index contributed by atoms with van der Waals surface area (Å²) in [7, 11) is 0. The zero-order chi connectivity index (χ0) is 24.4. The van der Waals surface area contributed by atoms with Crippen molar-refractivity contribution in [1.29, 1.82) is 0 Å². The first-order valence-corrected chi connectivity index (χ1v) is 10.2. The highest BCUT2D eigenvalue weighted by Crippen LogP contribution is 2.32. The van der Waals surface area contributed by atoms with Crippen LogP contribution >= 0.6 is 11.6 Å². The smallest absolute Gasteiger partial charge is 0.416 e. The Kier molecular flexibility index (Phi) is 7.03. The van der Waals surface area contributed by atoms with Gasteiger partial charge in [0, 0.05) is 31.9 Å². The third-order valence-corrected chi connectivity index (χ3v) is 5.30. The quantitative estimate of drug-likeness (QED) is 0.487. The number of piperazine rings is 1. The number of hydrogen-bond donors (Lipinski definition) is 1. The van der Waals surface area contributed by atoms with Gasteiger partial charge in [0.05, 0.1) is 12.1 Å². The normalized spacial score (nSPS) is 16.4. The number of imidazole rings is 1. The molecule has 0 bridgehead atoms. The molecule has 2 aromatic rings. The first kappa shape index (κ1) is 24.6. The lowest BCUT2D eigenvalue weighted by atomic mass is 10.1. The predicted octanol–water partition coefficient (Wildman–Crippen LogP) is 3.17. The Balaban J connectivity index is 1.51. The molecule has 0 unspecified atom stereocenters. The van der Waals surface area contributed by atoms with Crippen molar-refractivity contribution < 1.29 is 32.7 Å². The number of anilines is 1. The third kappa shape index (κ3) is 6.26. The standard InChI is InChI=1S/C19H21ClF3N5O5/c1-18(30,11-27-10-15(28(31)32)24-16(27)20)12-33-17(29)26-7-5-25(6-8-26)14-4-2-3-13(9-14)19(21,22)23/h2-4,9-10,30H,5-8,11-12H2,1H3/t18-/m1/s1. The van der Waals surface area contributed by atoms with Crippen LogP contribution in [0.2, 0.25) is 5.28 Å². The maximum absolute atomic E-state index is 12.9. The number of aliphatic hydroxyl groups is 1. The monoisotopic (exact) mass is 491 g/mol. The van der Waals surface area contributed by atoms with Crippen LogP contribution in [0.1, 0.15) is 12.5 Å². The van der Waals surface area contributed by atoms with Crippen molar-refractivity contribution >= 4 is 29.2 Å². The number of carbonyl (C=O) groups is 1. The fourth-order valence-electron chi connectivity index (χ4n) is 3.33. The Morgan fingerprint density at radius 1 is 1.30 bits per heavy atom. The molecule has 0 radical (unpaired) electrons. The molecule has 1 saturated heterocycles. The summed E-state index contributed by atoms with van der Waals surface area (Å²) in [5.74, 6) is -0.480. The number of hydrogen-bond acceptors (Lipinski definition) is 7. The fraction of sp³-hybridized carbons (Fsp3) is 0.474. The third-order valence-electron chi connectivity index (χ3n) is 5.00. The SMILES string of the molecule is C[C@](O)(COC(=O)N1CCN(c2cccc(C(F)(F)F)c2)CC1)Cn1cc([N+](=O)[O-])nc1Cl. The molecular weight excluding hydrogens is 471 g/mol. The minimum absolute atomic E-state index is 0.195. The minimum atomic E-state index is -4.44. The molecule has 1 amide bonds. The maximum atomic E-state index is 12.9. The number of ether oxygens (including phenoxy) is 1. The van der Waals surface area contributed by atoms with Crippen LogP contribution in [0.15, 0.2) is 30.5 Å². The summed E-state index contributed by atoms with van der Waals surface area (Å²) in [6.07, 6.45) is -4.07. The summed E-state index contributed by atoms with van der Waals surface area (Å²) >= 11 is 5.83. The average Bonchev–Trinajstić information content (AvgIpc) is 3.11. The van der Waals surface area contributed by atoms with E-state index in [1.807, 2.05) is 0 Å². The van der Waals surface area contributed by atoms with Crippen LogP contribution in [-0.2, 0) is 17.5 Å². The van der Waals surface area contributed by atoms with Gasteiger partial charge < -0.3 is 29.8 Å². The van der Waals surface area contributed by atoms with Gasteiger partial charge in [-0.2, -0.15) is 13.2 Å². The second-order valence-electron chi connectivity index (χ2n) is 7.83. The van der Waals surface area contributed by atoms with Crippen LogP contribution in [-0.4, -0.2) is 69.0 Å². The molecule has 0 saturated carbocycles. The molecule has 180 valence electrons. The highest BCUT2D eigenvalue weighted by molar-refractivity contribution is 6.28. The number of rotatable bonds is 6. The van der Waals surface area contributed by atoms with E-state index < -0.39 is 40.8 Å². The maximum Gasteiger partial charge on any atom is 0.416 e. The van der Waals surface area contributed by atoms with Gasteiger partial charge in [-0.1, -0.05) is 6.07 Å². The topological polar surface area (TPSA) is 114 Å². The highest BCUT2D eigenvalue weighted by atomic mass is 35.5. The van der Waals surface area contributed by atoms with Gasteiger partial charge in [-0.3, -0.25) is 4.57 Å². The molecular formula is C19H21ClF3N5O5. The minimum Gasteiger partial charge on any atom is -0.446 e. The Hall–Kier alpha value is -3.06. The Morgan fingerprint density at radius 3 is 2.55 bits per heavy atom. The molecule has 1 fully saturated rings. The van der Waals surface area contributed by atoms with Gasteiger partial charge in [0.2, 0.25) is 0 Å². The lowest BCUT2D eigenvalue weighted by Crippen LogP contribution is -2.50. The molecule has 0 spiro atoms. The second-order valence-corrected chi connectivity index (χ2v) is 8.16. The van der Waals surface area contributed by atoms with E-state index in [9.17, 15) is 33.2 Å². The van der Waals surface area contributed by atoms with Crippen LogP contribution in [0.3, 0.4) is 0 Å². The predicted molar refractivity (Wildman–Crippen MR) is 111 cm³/mol. The molecule has 2 heterocycles. The van der Waals surface area contributed by atoms with Crippen molar-refractivity contribution in [3.63, 3.8) is 0 Å². The summed E-state index contributed by atoms with van der Waals surface area (Å²) in [6.45, 7) is 1.80. The van der Waals surface area contributed by atoms with Gasteiger partial charge in [-0.25, -0.2) is 4.79 Å². The van der Waals surface area contributed by atoms with Crippen LogP contribution < -0.4 is 4.90 Å². The molecule has 1 aromatic carbocycles. The largest absolute Gasteiger partial charge is 0.446 e. The van der Waals surface area contributed by atoms with E-state index in [2.05, 4.69) is 4.98 Å². The number of halogens is 4. The number of amides is 1. The van der Waals surface area contributed by atoms with E-state index in [4.69, 9.17) is 16.3 Å². The van der Waals surface area contributed by atoms with Crippen molar-refractivity contribution in [2.75, 3.05) is 37.7 Å². The van der Waals surface area contributed by atoms with Crippen LogP contribution in [0, 0.1) is 10.1 Å². The summed E-state index contributed by atoms with van der Waals surface area (Å²) in [4.78, 5) is 29.1. The first-order chi connectivity index (χ1) is 15.4. The van der Waals surface area contributed by atoms with Crippen molar-refractivity contribution in [2.24, 2.45) is 0 Å². The number of benzene rings is 1. The van der Waals surface area contributed by atoms with Gasteiger partial charge in [0.1, 0.15) is 18.4 Å². The number of alkyl halides is 3. The number of nitro groups is 1. The van der Waals surface area contributed by atoms with Gasteiger partial charge in [-0.15, -0.1) is 0 Å². The van der Waals surface area contributed by atoms with Gasteiger partial charge in [0.25, 0.3) is 0 Å². The van der Waals surface area contributed by atoms with Crippen molar-refractivity contribution in [2.45, 2.75) is 25.2 Å². The van der Waals surface area contributed by atoms with Gasteiger partial charge >= 0.3 is 23.4 Å². The molecule has 1 aliphatic rings. The van der Waals surface area contributed by atoms with Crippen molar-refractivity contribution in [1.82, 2.24) is 14.5 Å². The lowest BCUT2D eigenvalue weighted by Gasteiger charge is -2.36. The van der Waals surface area contributed by atoms with E-state index in [-0.39, 0.29) is 24.9 Å².